The Morgan fingerprint density at radius 3 is 2.69 bits per heavy atom. The highest BCUT2D eigenvalue weighted by molar-refractivity contribution is 8.26. The number of benzene rings is 1. The van der Waals surface area contributed by atoms with Crippen LogP contribution >= 0.6 is 24.0 Å². The highest BCUT2D eigenvalue weighted by Crippen LogP contribution is 2.34. The van der Waals surface area contributed by atoms with Crippen LogP contribution in [-0.4, -0.2) is 51.8 Å². The van der Waals surface area contributed by atoms with Crippen molar-refractivity contribution in [2.45, 2.75) is 19.8 Å². The Bertz CT molecular complexity index is 1370. The largest absolute Gasteiger partial charge is 0.493 e. The zero-order valence-corrected chi connectivity index (χ0v) is 21.4. The fourth-order valence-electron chi connectivity index (χ4n) is 3.71. The molecule has 1 fully saturated rings. The van der Waals surface area contributed by atoms with Gasteiger partial charge in [-0.1, -0.05) is 43.0 Å². The van der Waals surface area contributed by atoms with Crippen molar-refractivity contribution < 1.29 is 14.3 Å². The van der Waals surface area contributed by atoms with Gasteiger partial charge in [0.2, 0.25) is 0 Å². The molecule has 1 aliphatic heterocycles. The molecule has 0 spiro atoms. The van der Waals surface area contributed by atoms with Crippen LogP contribution in [0.25, 0.3) is 11.7 Å². The first-order valence-corrected chi connectivity index (χ1v) is 12.4. The number of hydrogen-bond acceptors (Lipinski definition) is 8. The smallest absolute Gasteiger partial charge is 0.267 e. The van der Waals surface area contributed by atoms with E-state index in [1.54, 1.807) is 43.5 Å². The van der Waals surface area contributed by atoms with Gasteiger partial charge in [-0.25, -0.2) is 4.98 Å². The molecule has 35 heavy (non-hydrogen) atoms. The average Bonchev–Trinajstić information content (AvgIpc) is 3.14. The quantitative estimate of drug-likeness (QED) is 0.342. The molecule has 10 heteroatoms. The molecule has 0 saturated carbocycles. The van der Waals surface area contributed by atoms with Crippen molar-refractivity contribution in [2.24, 2.45) is 0 Å². The van der Waals surface area contributed by atoms with Gasteiger partial charge in [0.15, 0.2) is 11.5 Å². The summed E-state index contributed by atoms with van der Waals surface area (Å²) >= 11 is 6.69. The van der Waals surface area contributed by atoms with Crippen LogP contribution in [0.15, 0.2) is 52.3 Å². The molecule has 8 nitrogen and oxygen atoms in total. The highest BCUT2D eigenvalue weighted by atomic mass is 32.2. The molecule has 1 N–H and O–H groups in total. The topological polar surface area (TPSA) is 85.2 Å². The Hall–Kier alpha value is -3.37. The van der Waals surface area contributed by atoms with Gasteiger partial charge in [-0.2, -0.15) is 0 Å². The number of carbonyl (C=O) groups is 1. The molecule has 0 radical (unpaired) electrons. The number of anilines is 1. The Morgan fingerprint density at radius 2 is 1.94 bits per heavy atom. The predicted octanol–water partition coefficient (Wildman–Crippen LogP) is 3.98. The lowest BCUT2D eigenvalue weighted by atomic mass is 10.1. The summed E-state index contributed by atoms with van der Waals surface area (Å²) in [5.74, 6) is 1.51. The van der Waals surface area contributed by atoms with E-state index in [1.165, 1.54) is 16.2 Å². The SMILES string of the molecule is CCCNc1nc2ccccn2c(=O)c1/C=C1\SC(=S)N(CCc2ccc(OC)c(OC)c2)C1=O. The summed E-state index contributed by atoms with van der Waals surface area (Å²) in [7, 11) is 3.17. The molecule has 3 aromatic rings. The third-order valence-electron chi connectivity index (χ3n) is 5.53. The minimum absolute atomic E-state index is 0.223. The van der Waals surface area contributed by atoms with E-state index in [9.17, 15) is 9.59 Å². The van der Waals surface area contributed by atoms with Gasteiger partial charge in [0, 0.05) is 19.3 Å². The van der Waals surface area contributed by atoms with Gasteiger partial charge in [-0.15, -0.1) is 0 Å². The first kappa shape index (κ1) is 24.7. The van der Waals surface area contributed by atoms with Crippen molar-refractivity contribution in [1.82, 2.24) is 14.3 Å². The normalized spacial score (nSPS) is 14.7. The minimum Gasteiger partial charge on any atom is -0.493 e. The molecule has 0 aliphatic carbocycles. The van der Waals surface area contributed by atoms with Crippen molar-refractivity contribution in [3.05, 3.63) is 69.0 Å². The van der Waals surface area contributed by atoms with Crippen molar-refractivity contribution in [2.75, 3.05) is 32.6 Å². The maximum atomic E-state index is 13.2. The summed E-state index contributed by atoms with van der Waals surface area (Å²) in [6.07, 6.45) is 4.72. The Kier molecular flexibility index (Phi) is 7.72. The zero-order chi connectivity index (χ0) is 24.9. The molecule has 0 bridgehead atoms. The molecule has 0 atom stereocenters. The van der Waals surface area contributed by atoms with Crippen molar-refractivity contribution in [3.8, 4) is 11.5 Å². The molecule has 1 amide bonds. The molecule has 0 unspecified atom stereocenters. The first-order chi connectivity index (χ1) is 17.0. The third-order valence-corrected chi connectivity index (χ3v) is 6.91. The summed E-state index contributed by atoms with van der Waals surface area (Å²) in [5, 5.41) is 3.22. The summed E-state index contributed by atoms with van der Waals surface area (Å²) in [6.45, 7) is 3.10. The number of pyridine rings is 1. The van der Waals surface area contributed by atoms with Gasteiger partial charge in [0.05, 0.1) is 24.7 Å². The van der Waals surface area contributed by atoms with E-state index in [1.807, 2.05) is 31.2 Å². The number of hydrogen-bond donors (Lipinski definition) is 1. The second kappa shape index (κ2) is 10.9. The number of thiocarbonyl (C=S) groups is 1. The number of aromatic nitrogens is 2. The third kappa shape index (κ3) is 5.18. The Labute approximate surface area is 212 Å². The second-order valence-corrected chi connectivity index (χ2v) is 9.48. The predicted molar refractivity (Wildman–Crippen MR) is 143 cm³/mol. The van der Waals surface area contributed by atoms with E-state index in [0.717, 1.165) is 12.0 Å². The van der Waals surface area contributed by atoms with E-state index in [2.05, 4.69) is 10.3 Å². The van der Waals surface area contributed by atoms with Gasteiger partial charge in [-0.3, -0.25) is 18.9 Å². The number of nitrogens with zero attached hydrogens (tertiary/aromatic N) is 3. The Balaban J connectivity index is 1.60. The monoisotopic (exact) mass is 510 g/mol. The molecular weight excluding hydrogens is 484 g/mol. The van der Waals surface area contributed by atoms with E-state index >= 15 is 0 Å². The van der Waals surface area contributed by atoms with Crippen LogP contribution in [0.1, 0.15) is 24.5 Å². The first-order valence-electron chi connectivity index (χ1n) is 11.2. The van der Waals surface area contributed by atoms with Crippen LogP contribution < -0.4 is 20.3 Å². The molecule has 4 rings (SSSR count). The van der Waals surface area contributed by atoms with Crippen molar-refractivity contribution in [1.29, 1.82) is 0 Å². The van der Waals surface area contributed by atoms with E-state index in [-0.39, 0.29) is 11.5 Å². The Morgan fingerprint density at radius 1 is 1.14 bits per heavy atom. The van der Waals surface area contributed by atoms with Crippen molar-refractivity contribution in [3.63, 3.8) is 0 Å². The van der Waals surface area contributed by atoms with Crippen LogP contribution in [0.2, 0.25) is 0 Å². The van der Waals surface area contributed by atoms with Crippen LogP contribution in [0.3, 0.4) is 0 Å². The highest BCUT2D eigenvalue weighted by Gasteiger charge is 2.32. The van der Waals surface area contributed by atoms with Gasteiger partial charge >= 0.3 is 0 Å². The number of carbonyl (C=O) groups excluding carboxylic acids is 1. The minimum atomic E-state index is -0.246. The fraction of sp³-hybridized carbons (Fsp3) is 0.280. The molecular formula is C25H26N4O4S2. The van der Waals surface area contributed by atoms with E-state index in [4.69, 9.17) is 21.7 Å². The van der Waals surface area contributed by atoms with Crippen LogP contribution in [-0.2, 0) is 11.2 Å². The van der Waals surface area contributed by atoms with Crippen molar-refractivity contribution >= 4 is 51.7 Å². The van der Waals surface area contributed by atoms with Crippen LogP contribution in [0.4, 0.5) is 5.82 Å². The number of ether oxygens (including phenoxy) is 2. The standard InChI is InChI=1S/C25H26N4O4S2/c1-4-11-26-22-17(23(30)28-12-6-5-7-21(28)27-22)15-20-24(31)29(25(34)35-20)13-10-16-8-9-18(32-2)19(14-16)33-3/h5-9,12,14-15,26H,4,10-11,13H2,1-3H3/b20-15-. The van der Waals surface area contributed by atoms with E-state index in [0.29, 0.717) is 57.3 Å². The number of amides is 1. The number of nitrogens with one attached hydrogen (secondary N) is 1. The van der Waals surface area contributed by atoms with E-state index < -0.39 is 0 Å². The molecule has 2 aromatic heterocycles. The summed E-state index contributed by atoms with van der Waals surface area (Å²) in [6, 6.07) is 11.0. The molecule has 3 heterocycles. The van der Waals surface area contributed by atoms with Gasteiger partial charge < -0.3 is 14.8 Å². The van der Waals surface area contributed by atoms with Gasteiger partial charge in [0.1, 0.15) is 15.8 Å². The molecule has 1 saturated heterocycles. The fourth-order valence-corrected chi connectivity index (χ4v) is 5.00. The molecule has 1 aromatic carbocycles. The lowest BCUT2D eigenvalue weighted by Crippen LogP contribution is -2.30. The average molecular weight is 511 g/mol. The zero-order valence-electron chi connectivity index (χ0n) is 19.7. The van der Waals surface area contributed by atoms with Crippen LogP contribution in [0.5, 0.6) is 11.5 Å². The second-order valence-electron chi connectivity index (χ2n) is 7.81. The summed E-state index contributed by atoms with van der Waals surface area (Å²) in [4.78, 5) is 33.0. The summed E-state index contributed by atoms with van der Waals surface area (Å²) in [5.41, 5.74) is 1.62. The van der Waals surface area contributed by atoms with Gasteiger partial charge in [-0.05, 0) is 48.7 Å². The lowest BCUT2D eigenvalue weighted by molar-refractivity contribution is -0.122. The number of thioether (sulfide) groups is 1. The summed E-state index contributed by atoms with van der Waals surface area (Å²) < 4.78 is 12.6. The lowest BCUT2D eigenvalue weighted by Gasteiger charge is -2.15. The number of rotatable bonds is 9. The maximum absolute atomic E-state index is 13.2. The number of fused-ring (bicyclic) bond motifs is 1. The maximum Gasteiger partial charge on any atom is 0.267 e. The number of methoxy groups -OCH3 is 2. The molecule has 182 valence electrons. The van der Waals surface area contributed by atoms with Crippen LogP contribution in [0, 0.1) is 0 Å². The molecule has 1 aliphatic rings. The van der Waals surface area contributed by atoms with Gasteiger partial charge in [0.25, 0.3) is 11.5 Å².